The van der Waals surface area contributed by atoms with Gasteiger partial charge in [-0.3, -0.25) is 4.79 Å². The van der Waals surface area contributed by atoms with Crippen molar-refractivity contribution in [2.24, 2.45) is 0 Å². The molecule has 1 aromatic carbocycles. The zero-order chi connectivity index (χ0) is 22.4. The summed E-state index contributed by atoms with van der Waals surface area (Å²) in [7, 11) is 0. The summed E-state index contributed by atoms with van der Waals surface area (Å²) in [6.07, 6.45) is -1.49. The topological polar surface area (TPSA) is 89.9 Å². The summed E-state index contributed by atoms with van der Waals surface area (Å²) in [5.74, 6) is -0.463. The fourth-order valence-electron chi connectivity index (χ4n) is 2.86. The van der Waals surface area contributed by atoms with Crippen LogP contribution in [0.5, 0.6) is 0 Å². The Morgan fingerprint density at radius 1 is 1.13 bits per heavy atom. The van der Waals surface area contributed by atoms with Gasteiger partial charge in [0.05, 0.1) is 18.7 Å². The molecular formula is C21H20F3N5O2. The highest BCUT2D eigenvalue weighted by Gasteiger charge is 2.32. The van der Waals surface area contributed by atoms with Crippen molar-refractivity contribution in [3.05, 3.63) is 59.8 Å². The van der Waals surface area contributed by atoms with Crippen molar-refractivity contribution >= 4 is 17.6 Å². The van der Waals surface area contributed by atoms with Gasteiger partial charge in [0.15, 0.2) is 0 Å². The molecule has 0 saturated carbocycles. The highest BCUT2D eigenvalue weighted by molar-refractivity contribution is 5.70. The number of anilines is 2. The zero-order valence-corrected chi connectivity index (χ0v) is 16.9. The van der Waals surface area contributed by atoms with Crippen LogP contribution >= 0.6 is 0 Å². The van der Waals surface area contributed by atoms with E-state index in [0.717, 1.165) is 23.4 Å². The molecule has 31 heavy (non-hydrogen) atoms. The molecule has 3 aromatic rings. The molecule has 2 aromatic heterocycles. The molecule has 0 atom stereocenters. The number of hydrogen-bond acceptors (Lipinski definition) is 7. The first kappa shape index (κ1) is 22.1. The van der Waals surface area contributed by atoms with Crippen LogP contribution in [0.15, 0.2) is 42.9 Å². The van der Waals surface area contributed by atoms with E-state index >= 15 is 0 Å². The van der Waals surface area contributed by atoms with Crippen molar-refractivity contribution in [2.75, 3.05) is 11.9 Å². The fourth-order valence-corrected chi connectivity index (χ4v) is 2.86. The van der Waals surface area contributed by atoms with Gasteiger partial charge in [0.2, 0.25) is 5.95 Å². The van der Waals surface area contributed by atoms with Crippen LogP contribution < -0.4 is 5.32 Å². The molecule has 2 heterocycles. The third-order valence-corrected chi connectivity index (χ3v) is 4.19. The molecule has 0 aliphatic heterocycles. The van der Waals surface area contributed by atoms with Crippen molar-refractivity contribution in [3.63, 3.8) is 0 Å². The molecule has 10 heteroatoms. The van der Waals surface area contributed by atoms with Gasteiger partial charge in [-0.25, -0.2) is 19.9 Å². The van der Waals surface area contributed by atoms with Gasteiger partial charge in [-0.05, 0) is 49.7 Å². The lowest BCUT2D eigenvalue weighted by molar-refractivity contribution is -0.143. The van der Waals surface area contributed by atoms with E-state index in [1.54, 1.807) is 25.1 Å². The van der Waals surface area contributed by atoms with Crippen LogP contribution in [-0.4, -0.2) is 32.5 Å². The Bertz CT molecular complexity index is 1070. The number of benzene rings is 1. The van der Waals surface area contributed by atoms with E-state index in [-0.39, 0.29) is 18.3 Å². The van der Waals surface area contributed by atoms with Crippen LogP contribution in [0, 0.1) is 6.92 Å². The average molecular weight is 431 g/mol. The number of halogens is 3. The molecule has 0 spiro atoms. The van der Waals surface area contributed by atoms with E-state index < -0.39 is 11.9 Å². The molecule has 0 unspecified atom stereocenters. The smallest absolute Gasteiger partial charge is 0.433 e. The monoisotopic (exact) mass is 431 g/mol. The second-order valence-electron chi connectivity index (χ2n) is 6.68. The maximum atomic E-state index is 12.9. The van der Waals surface area contributed by atoms with Gasteiger partial charge < -0.3 is 10.1 Å². The highest BCUT2D eigenvalue weighted by Crippen LogP contribution is 2.29. The molecule has 0 saturated heterocycles. The fraction of sp³-hybridized carbons (Fsp3) is 0.286. The Labute approximate surface area is 176 Å². The lowest BCUT2D eigenvalue weighted by atomic mass is 10.1. The van der Waals surface area contributed by atoms with E-state index in [1.807, 2.05) is 13.0 Å². The normalized spacial score (nSPS) is 11.3. The molecule has 0 radical (unpaired) electrons. The first-order valence-corrected chi connectivity index (χ1v) is 9.50. The summed E-state index contributed by atoms with van der Waals surface area (Å²) < 4.78 is 43.6. The van der Waals surface area contributed by atoms with Gasteiger partial charge in [-0.2, -0.15) is 13.2 Å². The van der Waals surface area contributed by atoms with E-state index in [1.165, 1.54) is 6.33 Å². The first-order chi connectivity index (χ1) is 14.7. The van der Waals surface area contributed by atoms with Crippen LogP contribution in [0.25, 0.3) is 11.3 Å². The van der Waals surface area contributed by atoms with Gasteiger partial charge >= 0.3 is 12.1 Å². The van der Waals surface area contributed by atoms with Crippen molar-refractivity contribution in [2.45, 2.75) is 32.9 Å². The second kappa shape index (κ2) is 9.50. The van der Waals surface area contributed by atoms with Gasteiger partial charge in [-0.15, -0.1) is 0 Å². The molecule has 1 N–H and O–H groups in total. The molecule has 0 aliphatic rings. The number of carbonyl (C=O) groups is 1. The molecule has 0 aliphatic carbocycles. The molecule has 162 valence electrons. The van der Waals surface area contributed by atoms with Crippen LogP contribution in [0.3, 0.4) is 0 Å². The van der Waals surface area contributed by atoms with Crippen LogP contribution in [-0.2, 0) is 22.1 Å². The maximum Gasteiger partial charge on any atom is 0.433 e. The Balaban J connectivity index is 1.82. The summed E-state index contributed by atoms with van der Waals surface area (Å²) in [5.41, 5.74) is 2.37. The third-order valence-electron chi connectivity index (χ3n) is 4.19. The average Bonchev–Trinajstić information content (AvgIpc) is 2.72. The number of hydrogen-bond donors (Lipinski definition) is 1. The number of nitrogens with zero attached hydrogens (tertiary/aromatic N) is 4. The van der Waals surface area contributed by atoms with Crippen molar-refractivity contribution < 1.29 is 22.7 Å². The Kier molecular flexibility index (Phi) is 6.78. The summed E-state index contributed by atoms with van der Waals surface area (Å²) in [4.78, 5) is 27.4. The van der Waals surface area contributed by atoms with Gasteiger partial charge in [-0.1, -0.05) is 0 Å². The van der Waals surface area contributed by atoms with E-state index in [9.17, 15) is 18.0 Å². The zero-order valence-electron chi connectivity index (χ0n) is 16.9. The minimum absolute atomic E-state index is 0.163. The molecular weight excluding hydrogens is 411 g/mol. The number of alkyl halides is 3. The number of aryl methyl sites for hydroxylation is 2. The predicted octanol–water partition coefficient (Wildman–Crippen LogP) is 4.50. The van der Waals surface area contributed by atoms with E-state index in [4.69, 9.17) is 4.74 Å². The maximum absolute atomic E-state index is 12.9. The highest BCUT2D eigenvalue weighted by atomic mass is 19.4. The van der Waals surface area contributed by atoms with E-state index in [0.29, 0.717) is 30.1 Å². The Hall–Kier alpha value is -3.56. The van der Waals surface area contributed by atoms with Gasteiger partial charge in [0.1, 0.15) is 12.0 Å². The summed E-state index contributed by atoms with van der Waals surface area (Å²) in [6, 6.07) is 7.95. The van der Waals surface area contributed by atoms with Crippen LogP contribution in [0.4, 0.5) is 24.8 Å². The van der Waals surface area contributed by atoms with Crippen molar-refractivity contribution in [1.82, 2.24) is 19.9 Å². The summed E-state index contributed by atoms with van der Waals surface area (Å²) >= 11 is 0. The molecule has 0 amide bonds. The second-order valence-corrected chi connectivity index (χ2v) is 6.68. The number of carbonyl (C=O) groups excluding carboxylic acids is 1. The number of nitrogens with one attached hydrogen (secondary N) is 1. The minimum Gasteiger partial charge on any atom is -0.466 e. The van der Waals surface area contributed by atoms with Crippen molar-refractivity contribution in [1.29, 1.82) is 0 Å². The summed E-state index contributed by atoms with van der Waals surface area (Å²) in [5, 5.41) is 2.81. The van der Waals surface area contributed by atoms with Gasteiger partial charge in [0, 0.05) is 29.6 Å². The first-order valence-electron chi connectivity index (χ1n) is 9.50. The Morgan fingerprint density at radius 2 is 1.94 bits per heavy atom. The predicted molar refractivity (Wildman–Crippen MR) is 107 cm³/mol. The standard InChI is InChI=1S/C21H20F3N5O2/c1-3-31-19(30)5-4-15-11-17(27-12-26-15)14-8-13(2)9-16(10-14)28-20-25-7-6-18(29-20)21(22,23)24/h6-12H,3-5H2,1-2H3,(H,25,28,29). The molecule has 3 rings (SSSR count). The number of aromatic nitrogens is 4. The molecule has 0 bridgehead atoms. The van der Waals surface area contributed by atoms with E-state index in [2.05, 4.69) is 25.3 Å². The largest absolute Gasteiger partial charge is 0.466 e. The lowest BCUT2D eigenvalue weighted by Crippen LogP contribution is -2.10. The number of rotatable bonds is 7. The lowest BCUT2D eigenvalue weighted by Gasteiger charge is -2.11. The van der Waals surface area contributed by atoms with Gasteiger partial charge in [0.25, 0.3) is 0 Å². The molecule has 0 fully saturated rings. The van der Waals surface area contributed by atoms with Crippen molar-refractivity contribution in [3.8, 4) is 11.3 Å². The number of esters is 1. The Morgan fingerprint density at radius 3 is 2.68 bits per heavy atom. The quantitative estimate of drug-likeness (QED) is 0.551. The van der Waals surface area contributed by atoms with Crippen LogP contribution in [0.1, 0.15) is 30.3 Å². The third kappa shape index (κ3) is 6.21. The summed E-state index contributed by atoms with van der Waals surface area (Å²) in [6.45, 7) is 3.92. The SMILES string of the molecule is CCOC(=O)CCc1cc(-c2cc(C)cc(Nc3nccc(C(F)(F)F)n3)c2)ncn1. The molecule has 7 nitrogen and oxygen atoms in total. The number of ether oxygens (including phenoxy) is 1. The van der Waals surface area contributed by atoms with Crippen LogP contribution in [0.2, 0.25) is 0 Å². The minimum atomic E-state index is -4.56.